The van der Waals surface area contributed by atoms with Gasteiger partial charge in [0.25, 0.3) is 10.0 Å². The molecule has 5 rings (SSSR count). The average Bonchev–Trinajstić information content (AvgIpc) is 3.47. The molecule has 2 aliphatic carbocycles. The molecule has 3 atom stereocenters. The van der Waals surface area contributed by atoms with E-state index in [9.17, 15) is 13.2 Å². The number of fused-ring (bicyclic) bond motifs is 3. The highest BCUT2D eigenvalue weighted by Gasteiger charge is 2.42. The van der Waals surface area contributed by atoms with Crippen LogP contribution < -0.4 is 4.31 Å². The number of carbonyl (C=O) groups is 1. The molecule has 31 heavy (non-hydrogen) atoms. The van der Waals surface area contributed by atoms with Crippen LogP contribution in [0.2, 0.25) is 0 Å². The highest BCUT2D eigenvalue weighted by molar-refractivity contribution is 9.10. The molecular formula is C23H22BrNO4S2. The number of rotatable bonds is 6. The summed E-state index contributed by atoms with van der Waals surface area (Å²) in [6, 6.07) is 13.4. The zero-order valence-corrected chi connectivity index (χ0v) is 19.9. The second-order valence-electron chi connectivity index (χ2n) is 8.52. The van der Waals surface area contributed by atoms with E-state index in [0.29, 0.717) is 23.4 Å². The topological polar surface area (TPSA) is 74.7 Å². The van der Waals surface area contributed by atoms with Crippen molar-refractivity contribution in [2.24, 2.45) is 17.8 Å². The minimum atomic E-state index is -3.85. The Labute approximate surface area is 193 Å². The highest BCUT2D eigenvalue weighted by atomic mass is 79.9. The van der Waals surface area contributed by atoms with E-state index in [0.717, 1.165) is 26.9 Å². The molecule has 2 saturated carbocycles. The average molecular weight is 520 g/mol. The van der Waals surface area contributed by atoms with E-state index in [4.69, 9.17) is 5.11 Å². The molecule has 0 aliphatic heterocycles. The molecule has 2 fully saturated rings. The third-order valence-corrected chi connectivity index (χ3v) is 10.9. The van der Waals surface area contributed by atoms with E-state index in [-0.39, 0.29) is 10.5 Å². The Morgan fingerprint density at radius 3 is 2.45 bits per heavy atom. The summed E-state index contributed by atoms with van der Waals surface area (Å²) >= 11 is 5.14. The summed E-state index contributed by atoms with van der Waals surface area (Å²) in [6.07, 6.45) is 4.73. The molecule has 8 heteroatoms. The van der Waals surface area contributed by atoms with Gasteiger partial charge in [-0.15, -0.1) is 11.3 Å². The third-order valence-electron chi connectivity index (χ3n) is 6.72. The summed E-state index contributed by atoms with van der Waals surface area (Å²) in [5, 5.41) is 10.9. The van der Waals surface area contributed by atoms with Gasteiger partial charge in [0, 0.05) is 16.6 Å². The number of aromatic carboxylic acids is 1. The quantitative estimate of drug-likeness (QED) is 0.433. The second kappa shape index (κ2) is 7.90. The lowest BCUT2D eigenvalue weighted by Crippen LogP contribution is -2.36. The van der Waals surface area contributed by atoms with Gasteiger partial charge in [-0.1, -0.05) is 24.6 Å². The lowest BCUT2D eigenvalue weighted by Gasteiger charge is -2.30. The number of benzene rings is 2. The Kier molecular flexibility index (Phi) is 5.35. The summed E-state index contributed by atoms with van der Waals surface area (Å²) in [7, 11) is -3.85. The van der Waals surface area contributed by atoms with Gasteiger partial charge in [0.2, 0.25) is 0 Å². The van der Waals surface area contributed by atoms with Gasteiger partial charge in [-0.05, 0) is 83.3 Å². The number of halogens is 1. The van der Waals surface area contributed by atoms with Gasteiger partial charge in [-0.3, -0.25) is 4.31 Å². The molecule has 3 aromatic rings. The monoisotopic (exact) mass is 519 g/mol. The van der Waals surface area contributed by atoms with Crippen LogP contribution in [0.15, 0.2) is 57.9 Å². The molecule has 2 bridgehead atoms. The first kappa shape index (κ1) is 21.0. The van der Waals surface area contributed by atoms with Crippen LogP contribution in [0.25, 0.3) is 10.1 Å². The van der Waals surface area contributed by atoms with Crippen LogP contribution in [0.5, 0.6) is 0 Å². The van der Waals surface area contributed by atoms with Crippen molar-refractivity contribution in [3.63, 3.8) is 0 Å². The lowest BCUT2D eigenvalue weighted by molar-refractivity contribution is 0.0696. The third kappa shape index (κ3) is 3.68. The second-order valence-corrected chi connectivity index (χ2v) is 12.2. The van der Waals surface area contributed by atoms with E-state index in [1.165, 1.54) is 54.9 Å². The number of sulfonamides is 1. The lowest BCUT2D eigenvalue weighted by atomic mass is 9.89. The van der Waals surface area contributed by atoms with Crippen molar-refractivity contribution in [1.29, 1.82) is 0 Å². The van der Waals surface area contributed by atoms with E-state index >= 15 is 0 Å². The normalized spacial score (nSPS) is 22.8. The molecule has 2 aromatic carbocycles. The number of anilines is 1. The molecule has 0 spiro atoms. The maximum atomic E-state index is 13.8. The summed E-state index contributed by atoms with van der Waals surface area (Å²) in [5.41, 5.74) is 0.0710. The summed E-state index contributed by atoms with van der Waals surface area (Å²) < 4.78 is 31.0. The standard InChI is InChI=1S/C23H22BrNO4S2/c24-21-19-3-1-2-4-20(19)30-22(21)25(13-17-12-14-5-6-16(17)11-14)31(28,29)18-9-7-15(8-10-18)23(26)27/h1-4,7-10,14,16-17H,5-6,11-13H2,(H,26,27)/t14-,16+,17+/m1/s1. The first-order valence-electron chi connectivity index (χ1n) is 10.4. The molecule has 162 valence electrons. The van der Waals surface area contributed by atoms with Crippen molar-refractivity contribution < 1.29 is 18.3 Å². The molecule has 2 aliphatic rings. The fourth-order valence-corrected chi connectivity index (χ4v) is 9.06. The van der Waals surface area contributed by atoms with Crippen LogP contribution in [-0.2, 0) is 10.0 Å². The Hall–Kier alpha value is -1.90. The summed E-state index contributed by atoms with van der Waals surface area (Å²) in [6.45, 7) is 0.454. The minimum absolute atomic E-state index is 0.0710. The van der Waals surface area contributed by atoms with E-state index in [1.807, 2.05) is 24.3 Å². The Morgan fingerprint density at radius 2 is 1.84 bits per heavy atom. The van der Waals surface area contributed by atoms with Crippen molar-refractivity contribution in [1.82, 2.24) is 0 Å². The molecule has 1 heterocycles. The molecule has 1 N–H and O–H groups in total. The van der Waals surface area contributed by atoms with Crippen LogP contribution in [0, 0.1) is 17.8 Å². The Balaban J connectivity index is 1.58. The predicted molar refractivity (Wildman–Crippen MR) is 126 cm³/mol. The smallest absolute Gasteiger partial charge is 0.335 e. The zero-order valence-electron chi connectivity index (χ0n) is 16.7. The maximum absolute atomic E-state index is 13.8. The molecule has 0 saturated heterocycles. The number of carboxylic acid groups (broad SMARTS) is 1. The first-order valence-corrected chi connectivity index (χ1v) is 13.4. The maximum Gasteiger partial charge on any atom is 0.335 e. The molecule has 0 radical (unpaired) electrons. The van der Waals surface area contributed by atoms with Crippen LogP contribution in [0.1, 0.15) is 36.0 Å². The van der Waals surface area contributed by atoms with Gasteiger partial charge < -0.3 is 5.11 Å². The van der Waals surface area contributed by atoms with Gasteiger partial charge in [0.15, 0.2) is 0 Å². The first-order chi connectivity index (χ1) is 14.8. The molecule has 0 amide bonds. The van der Waals surface area contributed by atoms with E-state index in [1.54, 1.807) is 4.31 Å². The predicted octanol–water partition coefficient (Wildman–Crippen LogP) is 5.99. The molecular weight excluding hydrogens is 498 g/mol. The summed E-state index contributed by atoms with van der Waals surface area (Å²) in [5.74, 6) is 0.587. The van der Waals surface area contributed by atoms with Crippen LogP contribution in [0.4, 0.5) is 5.00 Å². The number of thiophene rings is 1. The van der Waals surface area contributed by atoms with E-state index < -0.39 is 16.0 Å². The van der Waals surface area contributed by atoms with Crippen molar-refractivity contribution in [2.45, 2.75) is 30.6 Å². The molecule has 1 aromatic heterocycles. The Morgan fingerprint density at radius 1 is 1.10 bits per heavy atom. The van der Waals surface area contributed by atoms with Crippen molar-refractivity contribution >= 4 is 58.3 Å². The fraction of sp³-hybridized carbons (Fsp3) is 0.348. The van der Waals surface area contributed by atoms with Gasteiger partial charge in [0.05, 0.1) is 14.9 Å². The highest BCUT2D eigenvalue weighted by Crippen LogP contribution is 2.50. The van der Waals surface area contributed by atoms with Gasteiger partial charge in [0.1, 0.15) is 5.00 Å². The largest absolute Gasteiger partial charge is 0.478 e. The van der Waals surface area contributed by atoms with Crippen molar-refractivity contribution in [3.8, 4) is 0 Å². The van der Waals surface area contributed by atoms with Gasteiger partial charge >= 0.3 is 5.97 Å². The summed E-state index contributed by atoms with van der Waals surface area (Å²) in [4.78, 5) is 11.3. The molecule has 5 nitrogen and oxygen atoms in total. The zero-order chi connectivity index (χ0) is 21.8. The van der Waals surface area contributed by atoms with Gasteiger partial charge in [-0.25, -0.2) is 13.2 Å². The van der Waals surface area contributed by atoms with E-state index in [2.05, 4.69) is 15.9 Å². The number of hydrogen-bond acceptors (Lipinski definition) is 4. The molecule has 0 unspecified atom stereocenters. The van der Waals surface area contributed by atoms with Crippen LogP contribution >= 0.6 is 27.3 Å². The van der Waals surface area contributed by atoms with Gasteiger partial charge in [-0.2, -0.15) is 0 Å². The van der Waals surface area contributed by atoms with Crippen LogP contribution in [0.3, 0.4) is 0 Å². The minimum Gasteiger partial charge on any atom is -0.478 e. The number of hydrogen-bond donors (Lipinski definition) is 1. The number of carboxylic acids is 1. The Bertz CT molecular complexity index is 1250. The fourth-order valence-electron chi connectivity index (χ4n) is 5.16. The van der Waals surface area contributed by atoms with Crippen molar-refractivity contribution in [2.75, 3.05) is 10.8 Å². The van der Waals surface area contributed by atoms with Crippen LogP contribution in [-0.4, -0.2) is 26.0 Å². The van der Waals surface area contributed by atoms with Crippen molar-refractivity contribution in [3.05, 3.63) is 58.6 Å². The SMILES string of the molecule is O=C(O)c1ccc(S(=O)(=O)N(C[C@@H]2C[C@@H]3CC[C@H]2C3)c2sc3ccccc3c2Br)cc1. The number of nitrogens with zero attached hydrogens (tertiary/aromatic N) is 1.